The van der Waals surface area contributed by atoms with E-state index in [9.17, 15) is 9.59 Å². The first kappa shape index (κ1) is 18.5. The number of hydrogen-bond donors (Lipinski definition) is 0. The number of benzene rings is 2. The minimum atomic E-state index is -0.881. The molecule has 0 saturated carbocycles. The Bertz CT molecular complexity index is 743. The summed E-state index contributed by atoms with van der Waals surface area (Å²) in [5, 5.41) is 0.594. The van der Waals surface area contributed by atoms with Crippen molar-refractivity contribution < 1.29 is 19.1 Å². The summed E-state index contributed by atoms with van der Waals surface area (Å²) in [6.45, 7) is 3.09. The number of esters is 1. The summed E-state index contributed by atoms with van der Waals surface area (Å²) in [6, 6.07) is 12.0. The summed E-state index contributed by atoms with van der Waals surface area (Å²) < 4.78 is 11.4. The first-order chi connectivity index (χ1) is 11.4. The molecule has 0 aliphatic heterocycles. The van der Waals surface area contributed by atoms with Crippen molar-refractivity contribution in [1.82, 2.24) is 0 Å². The lowest BCUT2D eigenvalue weighted by Gasteiger charge is -2.13. The Morgan fingerprint density at radius 1 is 1.17 bits per heavy atom. The molecule has 2 rings (SSSR count). The predicted molar refractivity (Wildman–Crippen MR) is 95.7 cm³/mol. The van der Waals surface area contributed by atoms with E-state index in [2.05, 4.69) is 15.9 Å². The summed E-state index contributed by atoms with van der Waals surface area (Å²) in [5.41, 5.74) is 1.29. The molecule has 0 aromatic heterocycles. The number of halogens is 2. The number of Topliss-reactive ketones (excluding diaryl/α,β-unsaturated/α-hetero) is 1. The van der Waals surface area contributed by atoms with E-state index in [1.54, 1.807) is 42.5 Å². The highest BCUT2D eigenvalue weighted by atomic mass is 79.9. The maximum atomic E-state index is 12.2. The van der Waals surface area contributed by atoms with Crippen LogP contribution in [0.2, 0.25) is 5.02 Å². The van der Waals surface area contributed by atoms with Crippen molar-refractivity contribution >= 4 is 39.3 Å². The van der Waals surface area contributed by atoms with Crippen LogP contribution < -0.4 is 4.74 Å². The largest absolute Gasteiger partial charge is 0.482 e. The van der Waals surface area contributed by atoms with Gasteiger partial charge in [0.1, 0.15) is 5.75 Å². The molecule has 24 heavy (non-hydrogen) atoms. The first-order valence-electron chi connectivity index (χ1n) is 7.25. The lowest BCUT2D eigenvalue weighted by molar-refractivity contribution is -0.148. The second-order valence-corrected chi connectivity index (χ2v) is 6.55. The number of carbonyl (C=O) groups is 2. The van der Waals surface area contributed by atoms with Gasteiger partial charge in [-0.05, 0) is 49.7 Å². The predicted octanol–water partition coefficient (Wildman–Crippen LogP) is 4.60. The molecule has 0 N–H and O–H groups in total. The van der Waals surface area contributed by atoms with E-state index in [4.69, 9.17) is 21.1 Å². The molecule has 0 amide bonds. The fourth-order valence-corrected chi connectivity index (χ4v) is 2.54. The van der Waals surface area contributed by atoms with E-state index >= 15 is 0 Å². The van der Waals surface area contributed by atoms with Gasteiger partial charge in [-0.2, -0.15) is 0 Å². The standard InChI is InChI=1S/C18H16BrClO4/c1-11-9-15(20)7-8-16(11)23-10-17(21)24-12(2)18(22)13-3-5-14(19)6-4-13/h3-9,12H,10H2,1-2H3/t12-/m0/s1. The number of ketones is 1. The summed E-state index contributed by atoms with van der Waals surface area (Å²) in [7, 11) is 0. The molecule has 2 aromatic rings. The normalized spacial score (nSPS) is 11.7. The van der Waals surface area contributed by atoms with Gasteiger partial charge in [-0.25, -0.2) is 4.79 Å². The van der Waals surface area contributed by atoms with Gasteiger partial charge in [-0.15, -0.1) is 0 Å². The summed E-state index contributed by atoms with van der Waals surface area (Å²) in [5.74, 6) is -0.330. The Kier molecular flexibility index (Phi) is 6.40. The van der Waals surface area contributed by atoms with Gasteiger partial charge >= 0.3 is 5.97 Å². The van der Waals surface area contributed by atoms with Gasteiger partial charge in [-0.1, -0.05) is 39.7 Å². The molecule has 0 fully saturated rings. The molecule has 0 bridgehead atoms. The molecule has 0 aliphatic rings. The number of carbonyl (C=O) groups excluding carboxylic acids is 2. The van der Waals surface area contributed by atoms with Crippen LogP contribution in [0.25, 0.3) is 0 Å². The Balaban J connectivity index is 1.89. The monoisotopic (exact) mass is 410 g/mol. The molecule has 0 radical (unpaired) electrons. The van der Waals surface area contributed by atoms with Crippen LogP contribution in [0.1, 0.15) is 22.8 Å². The first-order valence-corrected chi connectivity index (χ1v) is 8.42. The van der Waals surface area contributed by atoms with Crippen LogP contribution in [-0.4, -0.2) is 24.5 Å². The van der Waals surface area contributed by atoms with E-state index < -0.39 is 12.1 Å². The number of rotatable bonds is 6. The third-order valence-corrected chi connectivity index (χ3v) is 4.05. The number of hydrogen-bond acceptors (Lipinski definition) is 4. The van der Waals surface area contributed by atoms with Crippen LogP contribution in [0.5, 0.6) is 5.75 Å². The van der Waals surface area contributed by atoms with Crippen LogP contribution >= 0.6 is 27.5 Å². The van der Waals surface area contributed by atoms with E-state index in [0.717, 1.165) is 10.0 Å². The van der Waals surface area contributed by atoms with Gasteiger partial charge in [0.05, 0.1) is 0 Å². The zero-order chi connectivity index (χ0) is 17.7. The average molecular weight is 412 g/mol. The van der Waals surface area contributed by atoms with Crippen molar-refractivity contribution in [3.05, 3.63) is 63.1 Å². The molecule has 0 aliphatic carbocycles. The second-order valence-electron chi connectivity index (χ2n) is 5.20. The highest BCUT2D eigenvalue weighted by Crippen LogP contribution is 2.21. The SMILES string of the molecule is Cc1cc(Cl)ccc1OCC(=O)O[C@@H](C)C(=O)c1ccc(Br)cc1. The molecule has 0 unspecified atom stereocenters. The van der Waals surface area contributed by atoms with Gasteiger partial charge < -0.3 is 9.47 Å². The minimum absolute atomic E-state index is 0.265. The van der Waals surface area contributed by atoms with Gasteiger partial charge in [-0.3, -0.25) is 4.79 Å². The van der Waals surface area contributed by atoms with Crippen molar-refractivity contribution in [2.45, 2.75) is 20.0 Å². The van der Waals surface area contributed by atoms with Gasteiger partial charge in [0.2, 0.25) is 5.78 Å². The fourth-order valence-electron chi connectivity index (χ4n) is 2.05. The van der Waals surface area contributed by atoms with Crippen molar-refractivity contribution in [1.29, 1.82) is 0 Å². The molecule has 6 heteroatoms. The van der Waals surface area contributed by atoms with Crippen molar-refractivity contribution in [3.63, 3.8) is 0 Å². The summed E-state index contributed by atoms with van der Waals surface area (Å²) in [4.78, 5) is 24.1. The Morgan fingerprint density at radius 3 is 2.46 bits per heavy atom. The van der Waals surface area contributed by atoms with Crippen LogP contribution in [0.4, 0.5) is 0 Å². The molecule has 0 spiro atoms. The van der Waals surface area contributed by atoms with E-state index in [1.165, 1.54) is 6.92 Å². The molecule has 4 nitrogen and oxygen atoms in total. The maximum Gasteiger partial charge on any atom is 0.344 e. The molecule has 0 saturated heterocycles. The highest BCUT2D eigenvalue weighted by Gasteiger charge is 2.19. The van der Waals surface area contributed by atoms with Crippen molar-refractivity contribution in [2.24, 2.45) is 0 Å². The third-order valence-electron chi connectivity index (χ3n) is 3.29. The average Bonchev–Trinajstić information content (AvgIpc) is 2.54. The van der Waals surface area contributed by atoms with Gasteiger partial charge in [0, 0.05) is 15.1 Å². The minimum Gasteiger partial charge on any atom is -0.482 e. The molecule has 126 valence electrons. The fraction of sp³-hybridized carbons (Fsp3) is 0.222. The van der Waals surface area contributed by atoms with Gasteiger partial charge in [0.25, 0.3) is 0 Å². The lowest BCUT2D eigenvalue weighted by atomic mass is 10.1. The van der Waals surface area contributed by atoms with Crippen molar-refractivity contribution in [3.8, 4) is 5.75 Å². The molecule has 0 heterocycles. The van der Waals surface area contributed by atoms with Crippen LogP contribution in [0.3, 0.4) is 0 Å². The molecular formula is C18H16BrClO4. The number of aryl methyl sites for hydroxylation is 1. The highest BCUT2D eigenvalue weighted by molar-refractivity contribution is 9.10. The van der Waals surface area contributed by atoms with E-state index in [0.29, 0.717) is 16.3 Å². The molecule has 2 aromatic carbocycles. The maximum absolute atomic E-state index is 12.2. The quantitative estimate of drug-likeness (QED) is 0.515. The van der Waals surface area contributed by atoms with Crippen LogP contribution in [0, 0.1) is 6.92 Å². The molecular weight excluding hydrogens is 396 g/mol. The lowest BCUT2D eigenvalue weighted by Crippen LogP contribution is -2.27. The Hall–Kier alpha value is -1.85. The van der Waals surface area contributed by atoms with E-state index in [-0.39, 0.29) is 12.4 Å². The zero-order valence-electron chi connectivity index (χ0n) is 13.2. The third kappa shape index (κ3) is 5.08. The summed E-state index contributed by atoms with van der Waals surface area (Å²) >= 11 is 9.17. The Morgan fingerprint density at radius 2 is 1.83 bits per heavy atom. The van der Waals surface area contributed by atoms with Crippen molar-refractivity contribution in [2.75, 3.05) is 6.61 Å². The van der Waals surface area contributed by atoms with Crippen LogP contribution in [0.15, 0.2) is 46.9 Å². The molecule has 1 atom stereocenters. The van der Waals surface area contributed by atoms with Crippen LogP contribution in [-0.2, 0) is 9.53 Å². The Labute approximate surface area is 153 Å². The smallest absolute Gasteiger partial charge is 0.344 e. The summed E-state index contributed by atoms with van der Waals surface area (Å²) in [6.07, 6.45) is -0.881. The number of ether oxygens (including phenoxy) is 2. The zero-order valence-corrected chi connectivity index (χ0v) is 15.6. The van der Waals surface area contributed by atoms with Gasteiger partial charge in [0.15, 0.2) is 12.7 Å². The van der Waals surface area contributed by atoms with E-state index in [1.807, 2.05) is 6.92 Å². The second kappa shape index (κ2) is 8.31. The topological polar surface area (TPSA) is 52.6 Å².